The van der Waals surface area contributed by atoms with Crippen LogP contribution in [-0.4, -0.2) is 35.0 Å². The van der Waals surface area contributed by atoms with Gasteiger partial charge in [-0.05, 0) is 43.7 Å². The summed E-state index contributed by atoms with van der Waals surface area (Å²) in [5.74, 6) is 1.01. The van der Waals surface area contributed by atoms with E-state index in [4.69, 9.17) is 11.6 Å². The third kappa shape index (κ3) is 2.73. The van der Waals surface area contributed by atoms with E-state index in [1.165, 1.54) is 5.56 Å². The van der Waals surface area contributed by atoms with E-state index in [0.29, 0.717) is 5.28 Å². The monoisotopic (exact) mass is 294 g/mol. The van der Waals surface area contributed by atoms with Gasteiger partial charge in [-0.1, -0.05) is 0 Å². The van der Waals surface area contributed by atoms with Crippen molar-refractivity contribution in [2.75, 3.05) is 18.0 Å². The van der Waals surface area contributed by atoms with Crippen LogP contribution in [0.2, 0.25) is 5.28 Å². The number of rotatable bonds is 2. The van der Waals surface area contributed by atoms with Crippen molar-refractivity contribution in [3.05, 3.63) is 16.5 Å². The van der Waals surface area contributed by atoms with E-state index in [9.17, 15) is 4.79 Å². The number of aryl methyl sites for hydroxylation is 1. The number of carbonyl (C=O) groups is 1. The quantitative estimate of drug-likeness (QED) is 0.844. The van der Waals surface area contributed by atoms with Gasteiger partial charge >= 0.3 is 0 Å². The van der Waals surface area contributed by atoms with E-state index < -0.39 is 0 Å². The summed E-state index contributed by atoms with van der Waals surface area (Å²) in [7, 11) is 0. The second-order valence-corrected chi connectivity index (χ2v) is 5.92. The summed E-state index contributed by atoms with van der Waals surface area (Å²) in [5, 5.41) is 3.34. The van der Waals surface area contributed by atoms with Crippen molar-refractivity contribution in [3.63, 3.8) is 0 Å². The smallest absolute Gasteiger partial charge is 0.224 e. The first-order chi connectivity index (χ1) is 9.63. The van der Waals surface area contributed by atoms with Crippen LogP contribution >= 0.6 is 11.6 Å². The highest BCUT2D eigenvalue weighted by Gasteiger charge is 2.27. The zero-order valence-corrected chi connectivity index (χ0v) is 12.4. The number of hydrogen-bond acceptors (Lipinski definition) is 4. The maximum absolute atomic E-state index is 11.2. The average Bonchev–Trinajstić information content (AvgIpc) is 2.85. The third-order valence-corrected chi connectivity index (χ3v) is 4.18. The molecule has 0 saturated carbocycles. The maximum atomic E-state index is 11.2. The summed E-state index contributed by atoms with van der Waals surface area (Å²) in [5.41, 5.74) is 2.35. The van der Waals surface area contributed by atoms with Crippen LogP contribution in [0.1, 0.15) is 37.4 Å². The summed E-state index contributed by atoms with van der Waals surface area (Å²) >= 11 is 6.05. The van der Waals surface area contributed by atoms with E-state index in [1.807, 2.05) is 0 Å². The number of aromatic nitrogens is 2. The van der Waals surface area contributed by atoms with Crippen LogP contribution in [0.3, 0.4) is 0 Å². The Bertz CT molecular complexity index is 534. The van der Waals surface area contributed by atoms with Gasteiger partial charge in [-0.2, -0.15) is 0 Å². The molecular formula is C14H19ClN4O. The van der Waals surface area contributed by atoms with E-state index in [2.05, 4.69) is 20.2 Å². The van der Waals surface area contributed by atoms with Crippen molar-refractivity contribution >= 4 is 23.3 Å². The van der Waals surface area contributed by atoms with Crippen molar-refractivity contribution in [2.24, 2.45) is 0 Å². The van der Waals surface area contributed by atoms with Crippen LogP contribution in [-0.2, 0) is 17.6 Å². The van der Waals surface area contributed by atoms with Crippen LogP contribution in [0.5, 0.6) is 0 Å². The molecule has 20 heavy (non-hydrogen) atoms. The molecule has 6 heteroatoms. The lowest BCUT2D eigenvalue weighted by Crippen LogP contribution is -2.47. The van der Waals surface area contributed by atoms with Gasteiger partial charge in [0.2, 0.25) is 11.2 Å². The molecule has 3 rings (SSSR count). The Balaban J connectivity index is 1.84. The van der Waals surface area contributed by atoms with Gasteiger partial charge in [-0.25, -0.2) is 9.97 Å². The number of piperidine rings is 1. The second kappa shape index (κ2) is 5.56. The van der Waals surface area contributed by atoms with Crippen LogP contribution in [0.25, 0.3) is 0 Å². The van der Waals surface area contributed by atoms with Gasteiger partial charge in [0.15, 0.2) is 0 Å². The molecule has 1 fully saturated rings. The fourth-order valence-corrected chi connectivity index (χ4v) is 3.40. The Hall–Kier alpha value is -1.36. The Labute approximate surface area is 123 Å². The molecule has 1 amide bonds. The lowest BCUT2D eigenvalue weighted by Gasteiger charge is -2.34. The summed E-state index contributed by atoms with van der Waals surface area (Å²) in [6, 6.07) is 0.201. The summed E-state index contributed by atoms with van der Waals surface area (Å²) in [6.07, 6.45) is 5.23. The van der Waals surface area contributed by atoms with Crippen LogP contribution in [0.15, 0.2) is 0 Å². The van der Waals surface area contributed by atoms with Crippen LogP contribution in [0, 0.1) is 0 Å². The molecule has 1 aromatic rings. The Kier molecular flexibility index (Phi) is 3.78. The predicted molar refractivity (Wildman–Crippen MR) is 78.1 cm³/mol. The van der Waals surface area contributed by atoms with E-state index in [0.717, 1.165) is 56.7 Å². The van der Waals surface area contributed by atoms with Crippen molar-refractivity contribution in [2.45, 2.75) is 45.1 Å². The molecule has 0 aromatic carbocycles. The van der Waals surface area contributed by atoms with Crippen molar-refractivity contribution < 1.29 is 4.79 Å². The first-order valence-electron chi connectivity index (χ1n) is 7.21. The van der Waals surface area contributed by atoms with E-state index in [1.54, 1.807) is 6.92 Å². The summed E-state index contributed by atoms with van der Waals surface area (Å²) in [4.78, 5) is 22.3. The lowest BCUT2D eigenvalue weighted by atomic mass is 10.0. The summed E-state index contributed by atoms with van der Waals surface area (Å²) in [6.45, 7) is 3.34. The normalized spacial score (nSPS) is 21.7. The minimum Gasteiger partial charge on any atom is -0.354 e. The highest BCUT2D eigenvalue weighted by atomic mass is 35.5. The fourth-order valence-electron chi connectivity index (χ4n) is 3.22. The zero-order chi connectivity index (χ0) is 14.1. The molecule has 0 unspecified atom stereocenters. The number of nitrogens with one attached hydrogen (secondary N) is 1. The molecule has 1 saturated heterocycles. The number of fused-ring (bicyclic) bond motifs is 1. The highest BCUT2D eigenvalue weighted by Crippen LogP contribution is 2.31. The number of carbonyl (C=O) groups excluding carboxylic acids is 1. The van der Waals surface area contributed by atoms with Gasteiger partial charge in [0.1, 0.15) is 5.82 Å². The minimum atomic E-state index is 0.0304. The van der Waals surface area contributed by atoms with Crippen LogP contribution in [0.4, 0.5) is 5.82 Å². The van der Waals surface area contributed by atoms with Gasteiger partial charge in [-0.3, -0.25) is 4.79 Å². The minimum absolute atomic E-state index is 0.0304. The maximum Gasteiger partial charge on any atom is 0.224 e. The first kappa shape index (κ1) is 13.6. The molecule has 1 aliphatic heterocycles. The Morgan fingerprint density at radius 2 is 2.20 bits per heavy atom. The Morgan fingerprint density at radius 1 is 1.35 bits per heavy atom. The molecule has 0 bridgehead atoms. The number of nitrogens with zero attached hydrogens (tertiary/aromatic N) is 3. The molecule has 1 aliphatic carbocycles. The lowest BCUT2D eigenvalue weighted by molar-refractivity contribution is -0.119. The SMILES string of the molecule is CC(=O)N[C@@H]1CCCN(c2nc(Cl)nc3c2CCC3)C1. The molecular weight excluding hydrogens is 276 g/mol. The average molecular weight is 295 g/mol. The number of halogens is 1. The second-order valence-electron chi connectivity index (χ2n) is 5.58. The molecule has 0 radical (unpaired) electrons. The third-order valence-electron chi connectivity index (χ3n) is 4.01. The predicted octanol–water partition coefficient (Wildman–Crippen LogP) is 1.72. The topological polar surface area (TPSA) is 58.1 Å². The molecule has 1 atom stereocenters. The largest absolute Gasteiger partial charge is 0.354 e. The fraction of sp³-hybridized carbons (Fsp3) is 0.643. The molecule has 2 aliphatic rings. The molecule has 1 N–H and O–H groups in total. The van der Waals surface area contributed by atoms with Crippen molar-refractivity contribution in [3.8, 4) is 0 Å². The zero-order valence-electron chi connectivity index (χ0n) is 11.7. The van der Waals surface area contributed by atoms with Crippen molar-refractivity contribution in [1.82, 2.24) is 15.3 Å². The molecule has 5 nitrogen and oxygen atoms in total. The summed E-state index contributed by atoms with van der Waals surface area (Å²) < 4.78 is 0. The Morgan fingerprint density at radius 3 is 3.00 bits per heavy atom. The molecule has 2 heterocycles. The van der Waals surface area contributed by atoms with Gasteiger partial charge in [0.05, 0.1) is 5.69 Å². The van der Waals surface area contributed by atoms with Gasteiger partial charge < -0.3 is 10.2 Å². The van der Waals surface area contributed by atoms with Gasteiger partial charge in [0, 0.05) is 31.6 Å². The molecule has 1 aromatic heterocycles. The van der Waals surface area contributed by atoms with Gasteiger partial charge in [-0.15, -0.1) is 0 Å². The van der Waals surface area contributed by atoms with E-state index >= 15 is 0 Å². The van der Waals surface area contributed by atoms with Gasteiger partial charge in [0.25, 0.3) is 0 Å². The highest BCUT2D eigenvalue weighted by molar-refractivity contribution is 6.28. The standard InChI is InChI=1S/C14H19ClN4O/c1-9(20)16-10-4-3-7-19(8-10)13-11-5-2-6-12(11)17-14(15)18-13/h10H,2-8H2,1H3,(H,16,20)/t10-/m1/s1. The van der Waals surface area contributed by atoms with E-state index in [-0.39, 0.29) is 11.9 Å². The molecule has 0 spiro atoms. The first-order valence-corrected chi connectivity index (χ1v) is 7.58. The number of anilines is 1. The molecule has 108 valence electrons. The number of hydrogen-bond donors (Lipinski definition) is 1. The van der Waals surface area contributed by atoms with Crippen LogP contribution < -0.4 is 10.2 Å². The van der Waals surface area contributed by atoms with Crippen molar-refractivity contribution in [1.29, 1.82) is 0 Å². The number of amides is 1.